The maximum absolute atomic E-state index is 11.8. The molecule has 0 heterocycles. The van der Waals surface area contributed by atoms with Crippen LogP contribution in [0.3, 0.4) is 0 Å². The van der Waals surface area contributed by atoms with Gasteiger partial charge in [0, 0.05) is 16.6 Å². The molecule has 30 heavy (non-hydrogen) atoms. The van der Waals surface area contributed by atoms with Gasteiger partial charge in [-0.15, -0.1) is 0 Å². The third kappa shape index (κ3) is 15.7. The zero-order valence-electron chi connectivity index (χ0n) is 18.8. The van der Waals surface area contributed by atoms with Crippen LogP contribution in [0.4, 0.5) is 5.69 Å². The lowest BCUT2D eigenvalue weighted by atomic mass is 10.0. The standard InChI is InChI=1S/C25H42BrNO3/c1-2-3-4-5-6-8-11-14-24(28)15-12-9-7-10-13-16-25(29)30-21-27-23-19-17-22(26)18-20-23/h17-20,24,27-28H,2-16,21H2,1H3. The number of nitrogens with one attached hydrogen (secondary N) is 1. The summed E-state index contributed by atoms with van der Waals surface area (Å²) in [7, 11) is 0. The molecule has 0 bridgehead atoms. The Bertz CT molecular complexity index is 536. The predicted molar refractivity (Wildman–Crippen MR) is 130 cm³/mol. The Morgan fingerprint density at radius 3 is 2.03 bits per heavy atom. The number of aliphatic hydroxyl groups is 1. The summed E-state index contributed by atoms with van der Waals surface area (Å²) < 4.78 is 6.24. The molecule has 0 aliphatic heterocycles. The van der Waals surface area contributed by atoms with Crippen LogP contribution in [-0.4, -0.2) is 23.9 Å². The van der Waals surface area contributed by atoms with Gasteiger partial charge in [0.1, 0.15) is 0 Å². The van der Waals surface area contributed by atoms with Crippen molar-refractivity contribution in [3.8, 4) is 0 Å². The average Bonchev–Trinajstić information content (AvgIpc) is 2.74. The molecule has 1 atom stereocenters. The number of anilines is 1. The van der Waals surface area contributed by atoms with E-state index in [1.54, 1.807) is 0 Å². The Hall–Kier alpha value is -1.07. The maximum Gasteiger partial charge on any atom is 0.307 e. The molecule has 0 amide bonds. The van der Waals surface area contributed by atoms with Crippen molar-refractivity contribution >= 4 is 27.6 Å². The fourth-order valence-electron chi connectivity index (χ4n) is 3.50. The van der Waals surface area contributed by atoms with E-state index in [4.69, 9.17) is 4.74 Å². The molecule has 1 aromatic rings. The van der Waals surface area contributed by atoms with Gasteiger partial charge in [0.2, 0.25) is 0 Å². The summed E-state index contributed by atoms with van der Waals surface area (Å²) in [5.41, 5.74) is 0.931. The number of benzene rings is 1. The first kappa shape index (κ1) is 27.0. The molecule has 0 radical (unpaired) electrons. The minimum Gasteiger partial charge on any atom is -0.444 e. The van der Waals surface area contributed by atoms with Crippen LogP contribution in [0.25, 0.3) is 0 Å². The van der Waals surface area contributed by atoms with Gasteiger partial charge in [-0.2, -0.15) is 0 Å². The van der Waals surface area contributed by atoms with E-state index < -0.39 is 0 Å². The zero-order valence-corrected chi connectivity index (χ0v) is 20.4. The quantitative estimate of drug-likeness (QED) is 0.121. The van der Waals surface area contributed by atoms with E-state index in [-0.39, 0.29) is 18.8 Å². The summed E-state index contributed by atoms with van der Waals surface area (Å²) in [6.07, 6.45) is 16.6. The summed E-state index contributed by atoms with van der Waals surface area (Å²) in [6.45, 7) is 2.45. The molecular formula is C25H42BrNO3. The van der Waals surface area contributed by atoms with Gasteiger partial charge in [0.05, 0.1) is 6.10 Å². The van der Waals surface area contributed by atoms with E-state index >= 15 is 0 Å². The van der Waals surface area contributed by atoms with Crippen molar-refractivity contribution in [2.75, 3.05) is 12.0 Å². The van der Waals surface area contributed by atoms with Crippen LogP contribution in [-0.2, 0) is 9.53 Å². The van der Waals surface area contributed by atoms with E-state index in [9.17, 15) is 9.90 Å². The van der Waals surface area contributed by atoms with Crippen molar-refractivity contribution < 1.29 is 14.6 Å². The highest BCUT2D eigenvalue weighted by Crippen LogP contribution is 2.15. The van der Waals surface area contributed by atoms with Crippen molar-refractivity contribution in [3.05, 3.63) is 28.7 Å². The lowest BCUT2D eigenvalue weighted by Crippen LogP contribution is -2.12. The molecule has 1 unspecified atom stereocenters. The van der Waals surface area contributed by atoms with Crippen LogP contribution < -0.4 is 5.32 Å². The second-order valence-electron chi connectivity index (χ2n) is 8.21. The van der Waals surface area contributed by atoms with Gasteiger partial charge < -0.3 is 15.2 Å². The van der Waals surface area contributed by atoms with Gasteiger partial charge in [-0.25, -0.2) is 0 Å². The summed E-state index contributed by atoms with van der Waals surface area (Å²) in [5, 5.41) is 13.1. The first-order valence-corrected chi connectivity index (χ1v) is 12.7. The molecule has 5 heteroatoms. The number of aliphatic hydroxyl groups excluding tert-OH is 1. The molecule has 4 nitrogen and oxygen atoms in total. The van der Waals surface area contributed by atoms with Crippen molar-refractivity contribution in [3.63, 3.8) is 0 Å². The normalized spacial score (nSPS) is 12.0. The number of hydrogen-bond donors (Lipinski definition) is 2. The Balaban J connectivity index is 1.85. The monoisotopic (exact) mass is 483 g/mol. The topological polar surface area (TPSA) is 58.6 Å². The molecule has 0 aliphatic carbocycles. The average molecular weight is 485 g/mol. The number of carbonyl (C=O) groups excluding carboxylic acids is 1. The van der Waals surface area contributed by atoms with Crippen molar-refractivity contribution in [2.24, 2.45) is 0 Å². The fourth-order valence-corrected chi connectivity index (χ4v) is 3.77. The van der Waals surface area contributed by atoms with Gasteiger partial charge in [-0.3, -0.25) is 4.79 Å². The predicted octanol–water partition coefficient (Wildman–Crippen LogP) is 7.59. The highest BCUT2D eigenvalue weighted by Gasteiger charge is 2.05. The van der Waals surface area contributed by atoms with Crippen LogP contribution in [0.15, 0.2) is 28.7 Å². The second kappa shape index (κ2) is 18.7. The molecule has 0 fully saturated rings. The van der Waals surface area contributed by atoms with E-state index in [2.05, 4.69) is 28.2 Å². The van der Waals surface area contributed by atoms with Crippen molar-refractivity contribution in [2.45, 2.75) is 109 Å². The van der Waals surface area contributed by atoms with Crippen molar-refractivity contribution in [1.82, 2.24) is 0 Å². The van der Waals surface area contributed by atoms with Gasteiger partial charge in [-0.05, 0) is 43.5 Å². The van der Waals surface area contributed by atoms with E-state index in [0.29, 0.717) is 6.42 Å². The number of rotatable bonds is 19. The van der Waals surface area contributed by atoms with E-state index in [1.807, 2.05) is 24.3 Å². The molecule has 2 N–H and O–H groups in total. The van der Waals surface area contributed by atoms with Crippen molar-refractivity contribution in [1.29, 1.82) is 0 Å². The molecule has 0 aromatic heterocycles. The summed E-state index contributed by atoms with van der Waals surface area (Å²) in [4.78, 5) is 11.8. The molecule has 0 spiro atoms. The summed E-state index contributed by atoms with van der Waals surface area (Å²) >= 11 is 3.39. The molecular weight excluding hydrogens is 442 g/mol. The highest BCUT2D eigenvalue weighted by molar-refractivity contribution is 9.10. The lowest BCUT2D eigenvalue weighted by Gasteiger charge is -2.10. The first-order valence-electron chi connectivity index (χ1n) is 11.9. The first-order chi connectivity index (χ1) is 14.6. The van der Waals surface area contributed by atoms with Crippen LogP contribution >= 0.6 is 15.9 Å². The molecule has 0 saturated carbocycles. The number of ether oxygens (including phenoxy) is 1. The minimum absolute atomic E-state index is 0.131. The number of hydrogen-bond acceptors (Lipinski definition) is 4. The van der Waals surface area contributed by atoms with Crippen LogP contribution in [0.5, 0.6) is 0 Å². The molecule has 0 saturated heterocycles. The number of carbonyl (C=O) groups is 1. The second-order valence-corrected chi connectivity index (χ2v) is 9.13. The third-order valence-electron chi connectivity index (χ3n) is 5.41. The lowest BCUT2D eigenvalue weighted by molar-refractivity contribution is -0.143. The Kier molecular flexibility index (Phi) is 16.8. The van der Waals surface area contributed by atoms with Gasteiger partial charge in [0.25, 0.3) is 0 Å². The van der Waals surface area contributed by atoms with Gasteiger partial charge in [0.15, 0.2) is 6.73 Å². The van der Waals surface area contributed by atoms with Crippen LogP contribution in [0.2, 0.25) is 0 Å². The Labute approximate surface area is 192 Å². The maximum atomic E-state index is 11.8. The third-order valence-corrected chi connectivity index (χ3v) is 5.94. The molecule has 172 valence electrons. The van der Waals surface area contributed by atoms with Crippen LogP contribution in [0, 0.1) is 0 Å². The number of unbranched alkanes of at least 4 members (excludes halogenated alkanes) is 10. The van der Waals surface area contributed by atoms with Gasteiger partial charge in [-0.1, -0.05) is 93.5 Å². The largest absolute Gasteiger partial charge is 0.444 e. The van der Waals surface area contributed by atoms with E-state index in [1.165, 1.54) is 38.5 Å². The zero-order chi connectivity index (χ0) is 21.9. The van der Waals surface area contributed by atoms with Crippen LogP contribution in [0.1, 0.15) is 103 Å². The smallest absolute Gasteiger partial charge is 0.307 e. The molecule has 0 aliphatic rings. The number of esters is 1. The Morgan fingerprint density at radius 2 is 1.43 bits per heavy atom. The van der Waals surface area contributed by atoms with E-state index in [0.717, 1.165) is 61.5 Å². The SMILES string of the molecule is CCCCCCCCCC(O)CCCCCCCC(=O)OCNc1ccc(Br)cc1. The molecule has 1 rings (SSSR count). The number of halogens is 1. The Morgan fingerprint density at radius 1 is 0.900 bits per heavy atom. The fraction of sp³-hybridized carbons (Fsp3) is 0.720. The summed E-state index contributed by atoms with van der Waals surface area (Å²) in [5.74, 6) is -0.148. The summed E-state index contributed by atoms with van der Waals surface area (Å²) in [6, 6.07) is 7.75. The molecule has 1 aromatic carbocycles. The van der Waals surface area contributed by atoms with Gasteiger partial charge >= 0.3 is 5.97 Å². The minimum atomic E-state index is -0.148. The highest BCUT2D eigenvalue weighted by atomic mass is 79.9.